The number of ether oxygens (including phenoxy) is 2. The number of methoxy groups -OCH3 is 1. The van der Waals surface area contributed by atoms with E-state index < -0.39 is 5.92 Å². The van der Waals surface area contributed by atoms with Gasteiger partial charge >= 0.3 is 5.97 Å². The smallest absolute Gasteiger partial charge is 0.317 e. The molecule has 1 atom stereocenters. The van der Waals surface area contributed by atoms with E-state index in [0.29, 0.717) is 17.7 Å². The molecule has 5 aliphatic rings. The monoisotopic (exact) mass is 340 g/mol. The fourth-order valence-corrected chi connectivity index (χ4v) is 6.22. The summed E-state index contributed by atoms with van der Waals surface area (Å²) in [5.74, 6) is 1.74. The summed E-state index contributed by atoms with van der Waals surface area (Å²) in [6.07, 6.45) is 7.41. The minimum atomic E-state index is -0.671. The van der Waals surface area contributed by atoms with Crippen LogP contribution in [0.15, 0.2) is 18.2 Å². The normalized spacial score (nSPS) is 37.9. The van der Waals surface area contributed by atoms with E-state index >= 15 is 0 Å². The molecule has 0 aromatic heterocycles. The van der Waals surface area contributed by atoms with Crippen LogP contribution in [0.2, 0.25) is 0 Å². The number of carbonyl (C=O) groups excluding carboxylic acids is 2. The summed E-state index contributed by atoms with van der Waals surface area (Å²) in [5.41, 5.74) is 1.27. The summed E-state index contributed by atoms with van der Waals surface area (Å²) >= 11 is 0. The van der Waals surface area contributed by atoms with Crippen molar-refractivity contribution in [2.45, 2.75) is 50.5 Å². The van der Waals surface area contributed by atoms with Gasteiger partial charge < -0.3 is 9.47 Å². The molecule has 132 valence electrons. The van der Waals surface area contributed by atoms with E-state index in [1.54, 1.807) is 13.2 Å². The summed E-state index contributed by atoms with van der Waals surface area (Å²) in [6.45, 7) is 0. The Balaban J connectivity index is 1.35. The highest BCUT2D eigenvalue weighted by Gasteiger charge is 2.54. The van der Waals surface area contributed by atoms with E-state index in [1.165, 1.54) is 19.3 Å². The highest BCUT2D eigenvalue weighted by Crippen LogP contribution is 2.57. The number of rotatable bonds is 3. The third-order valence-electron chi connectivity index (χ3n) is 6.91. The largest absolute Gasteiger partial charge is 0.497 e. The Labute approximate surface area is 147 Å². The highest BCUT2D eigenvalue weighted by atomic mass is 16.6. The van der Waals surface area contributed by atoms with Crippen LogP contribution in [-0.2, 0) is 16.0 Å². The first kappa shape index (κ1) is 15.4. The second-order valence-corrected chi connectivity index (χ2v) is 8.67. The lowest BCUT2D eigenvalue weighted by molar-refractivity contribution is -0.189. The van der Waals surface area contributed by atoms with Gasteiger partial charge in [0.2, 0.25) is 0 Å². The molecule has 25 heavy (non-hydrogen) atoms. The van der Waals surface area contributed by atoms with Crippen molar-refractivity contribution in [3.05, 3.63) is 29.3 Å². The van der Waals surface area contributed by atoms with Crippen LogP contribution in [0.5, 0.6) is 5.75 Å². The topological polar surface area (TPSA) is 52.6 Å². The SMILES string of the molecule is COc1ccc2c(c1)C(=O)C(C(=O)OC13CC4CC(CC(C4)C1)C3)C2. The lowest BCUT2D eigenvalue weighted by atomic mass is 9.54. The van der Waals surface area contributed by atoms with Gasteiger partial charge in [-0.3, -0.25) is 9.59 Å². The first-order valence-electron chi connectivity index (χ1n) is 9.49. The molecule has 0 saturated heterocycles. The minimum absolute atomic E-state index is 0.108. The molecule has 4 nitrogen and oxygen atoms in total. The Kier molecular flexibility index (Phi) is 3.28. The maximum Gasteiger partial charge on any atom is 0.317 e. The molecule has 4 heteroatoms. The number of hydrogen-bond acceptors (Lipinski definition) is 4. The van der Waals surface area contributed by atoms with Crippen molar-refractivity contribution in [2.24, 2.45) is 23.7 Å². The summed E-state index contributed by atoms with van der Waals surface area (Å²) in [4.78, 5) is 25.6. The lowest BCUT2D eigenvalue weighted by Crippen LogP contribution is -2.53. The van der Waals surface area contributed by atoms with Crippen molar-refractivity contribution >= 4 is 11.8 Å². The molecule has 0 spiro atoms. The minimum Gasteiger partial charge on any atom is -0.497 e. The van der Waals surface area contributed by atoms with Gasteiger partial charge in [0.15, 0.2) is 5.78 Å². The number of esters is 1. The predicted octanol–water partition coefficient (Wildman–Crippen LogP) is 3.56. The van der Waals surface area contributed by atoms with Crippen LogP contribution < -0.4 is 4.74 Å². The van der Waals surface area contributed by atoms with E-state index in [-0.39, 0.29) is 17.4 Å². The zero-order chi connectivity index (χ0) is 17.2. The van der Waals surface area contributed by atoms with Crippen LogP contribution in [0.1, 0.15) is 54.4 Å². The first-order valence-corrected chi connectivity index (χ1v) is 9.49. The van der Waals surface area contributed by atoms with Crippen molar-refractivity contribution in [3.63, 3.8) is 0 Å². The summed E-state index contributed by atoms with van der Waals surface area (Å²) in [7, 11) is 1.58. The fraction of sp³-hybridized carbons (Fsp3) is 0.619. The molecule has 6 rings (SSSR count). The van der Waals surface area contributed by atoms with Crippen LogP contribution >= 0.6 is 0 Å². The van der Waals surface area contributed by atoms with Gasteiger partial charge in [0, 0.05) is 5.56 Å². The maximum atomic E-state index is 12.9. The second-order valence-electron chi connectivity index (χ2n) is 8.67. The van der Waals surface area contributed by atoms with Gasteiger partial charge in [-0.2, -0.15) is 0 Å². The van der Waals surface area contributed by atoms with E-state index in [0.717, 1.165) is 42.6 Å². The molecule has 1 aromatic carbocycles. The van der Waals surface area contributed by atoms with Crippen LogP contribution in [0, 0.1) is 23.7 Å². The summed E-state index contributed by atoms with van der Waals surface area (Å²) < 4.78 is 11.3. The molecule has 0 radical (unpaired) electrons. The van der Waals surface area contributed by atoms with Crippen LogP contribution in [-0.4, -0.2) is 24.5 Å². The van der Waals surface area contributed by atoms with Crippen molar-refractivity contribution in [1.82, 2.24) is 0 Å². The standard InChI is InChI=1S/C21H24O4/c1-24-16-3-2-15-7-18(19(22)17(15)8-16)20(23)25-21-9-12-4-13(10-21)6-14(5-12)11-21/h2-3,8,12-14,18H,4-7,9-11H2,1H3. The van der Waals surface area contributed by atoms with E-state index in [9.17, 15) is 9.59 Å². The molecular formula is C21H24O4. The number of Topliss-reactive ketones (excluding diaryl/α,β-unsaturated/α-hetero) is 1. The Morgan fingerprint density at radius 1 is 1.08 bits per heavy atom. The average molecular weight is 340 g/mol. The first-order chi connectivity index (χ1) is 12.0. The third-order valence-corrected chi connectivity index (χ3v) is 6.91. The van der Waals surface area contributed by atoms with Gasteiger partial charge in [0.1, 0.15) is 17.3 Å². The molecule has 5 aliphatic carbocycles. The van der Waals surface area contributed by atoms with Gasteiger partial charge in [0.05, 0.1) is 7.11 Å². The second kappa shape index (κ2) is 5.33. The molecule has 1 aromatic rings. The predicted molar refractivity (Wildman–Crippen MR) is 91.5 cm³/mol. The van der Waals surface area contributed by atoms with Gasteiger partial charge in [-0.1, -0.05) is 6.07 Å². The molecule has 4 fully saturated rings. The Bertz CT molecular complexity index is 715. The number of ketones is 1. The van der Waals surface area contributed by atoms with Crippen molar-refractivity contribution in [1.29, 1.82) is 0 Å². The summed E-state index contributed by atoms with van der Waals surface area (Å²) in [6, 6.07) is 5.48. The number of benzene rings is 1. The fourth-order valence-electron chi connectivity index (χ4n) is 6.22. The molecule has 4 bridgehead atoms. The summed E-state index contributed by atoms with van der Waals surface area (Å²) in [5, 5.41) is 0. The Hall–Kier alpha value is -1.84. The van der Waals surface area contributed by atoms with Gasteiger partial charge in [0.25, 0.3) is 0 Å². The zero-order valence-corrected chi connectivity index (χ0v) is 14.6. The van der Waals surface area contributed by atoms with Crippen LogP contribution in [0.3, 0.4) is 0 Å². The Morgan fingerprint density at radius 2 is 1.72 bits per heavy atom. The molecule has 0 amide bonds. The van der Waals surface area contributed by atoms with E-state index in [4.69, 9.17) is 9.47 Å². The molecule has 1 unspecified atom stereocenters. The maximum absolute atomic E-state index is 12.9. The Morgan fingerprint density at radius 3 is 2.32 bits per heavy atom. The van der Waals surface area contributed by atoms with E-state index in [2.05, 4.69) is 0 Å². The van der Waals surface area contributed by atoms with Crippen molar-refractivity contribution < 1.29 is 19.1 Å². The van der Waals surface area contributed by atoms with Gasteiger partial charge in [-0.25, -0.2) is 0 Å². The lowest BCUT2D eigenvalue weighted by Gasteiger charge is -2.55. The molecule has 0 N–H and O–H groups in total. The molecule has 0 heterocycles. The van der Waals surface area contributed by atoms with Crippen LogP contribution in [0.4, 0.5) is 0 Å². The number of hydrogen-bond donors (Lipinski definition) is 0. The van der Waals surface area contributed by atoms with Crippen molar-refractivity contribution in [2.75, 3.05) is 7.11 Å². The van der Waals surface area contributed by atoms with Crippen molar-refractivity contribution in [3.8, 4) is 5.75 Å². The molecule has 0 aliphatic heterocycles. The number of carbonyl (C=O) groups is 2. The van der Waals surface area contributed by atoms with E-state index in [1.807, 2.05) is 12.1 Å². The highest BCUT2D eigenvalue weighted by molar-refractivity contribution is 6.12. The molecule has 4 saturated carbocycles. The zero-order valence-electron chi connectivity index (χ0n) is 14.6. The van der Waals surface area contributed by atoms with Crippen LogP contribution in [0.25, 0.3) is 0 Å². The number of fused-ring (bicyclic) bond motifs is 1. The third kappa shape index (κ3) is 2.41. The van der Waals surface area contributed by atoms with Gasteiger partial charge in [-0.05, 0) is 80.4 Å². The van der Waals surface area contributed by atoms with Gasteiger partial charge in [-0.15, -0.1) is 0 Å². The molecular weight excluding hydrogens is 316 g/mol. The average Bonchev–Trinajstić information content (AvgIpc) is 2.89. The quantitative estimate of drug-likeness (QED) is 0.624.